The Bertz CT molecular complexity index is 516. The Morgan fingerprint density at radius 2 is 2.12 bits per heavy atom. The van der Waals surface area contributed by atoms with Crippen LogP contribution in [0.1, 0.15) is 30.8 Å². The van der Waals surface area contributed by atoms with Crippen molar-refractivity contribution in [3.8, 4) is 11.7 Å². The van der Waals surface area contributed by atoms with Crippen molar-refractivity contribution in [2.45, 2.75) is 31.7 Å². The molecule has 2 N–H and O–H groups in total. The lowest BCUT2D eigenvalue weighted by molar-refractivity contribution is 0.229. The van der Waals surface area contributed by atoms with Crippen molar-refractivity contribution < 1.29 is 8.94 Å². The molecule has 3 rings (SSSR count). The highest BCUT2D eigenvalue weighted by Gasteiger charge is 2.39. The topological polar surface area (TPSA) is 78.1 Å². The molecule has 17 heavy (non-hydrogen) atoms. The van der Waals surface area contributed by atoms with Crippen molar-refractivity contribution in [1.82, 2.24) is 10.1 Å². The molecule has 2 aromatic heterocycles. The molecule has 0 bridgehead atoms. The zero-order valence-corrected chi connectivity index (χ0v) is 10.3. The summed E-state index contributed by atoms with van der Waals surface area (Å²) in [6.07, 6.45) is 2.96. The molecule has 1 saturated carbocycles. The molecule has 0 saturated heterocycles. The lowest BCUT2D eigenvalue weighted by Gasteiger charge is -2.34. The van der Waals surface area contributed by atoms with Crippen LogP contribution in [0.15, 0.2) is 21.1 Å². The zero-order valence-electron chi connectivity index (χ0n) is 9.47. The van der Waals surface area contributed by atoms with Gasteiger partial charge in [0.2, 0.25) is 0 Å². The van der Waals surface area contributed by atoms with Gasteiger partial charge in [0.1, 0.15) is 5.76 Å². The maximum Gasteiger partial charge on any atom is 0.293 e. The van der Waals surface area contributed by atoms with Crippen LogP contribution in [0.2, 0.25) is 0 Å². The van der Waals surface area contributed by atoms with Gasteiger partial charge in [0.05, 0.1) is 5.54 Å². The fourth-order valence-corrected chi connectivity index (χ4v) is 1.86. The van der Waals surface area contributed by atoms with Crippen LogP contribution >= 0.6 is 12.4 Å². The van der Waals surface area contributed by atoms with Gasteiger partial charge in [-0.2, -0.15) is 4.98 Å². The second-order valence-electron chi connectivity index (χ2n) is 4.34. The van der Waals surface area contributed by atoms with E-state index in [1.165, 1.54) is 0 Å². The summed E-state index contributed by atoms with van der Waals surface area (Å²) in [7, 11) is 0. The predicted molar refractivity (Wildman–Crippen MR) is 63.7 cm³/mol. The molecule has 1 fully saturated rings. The number of nitrogens with two attached hydrogens (primary N) is 1. The quantitative estimate of drug-likeness (QED) is 0.891. The summed E-state index contributed by atoms with van der Waals surface area (Å²) in [5.74, 6) is 2.41. The first kappa shape index (κ1) is 12.1. The Kier molecular flexibility index (Phi) is 2.97. The molecule has 0 aliphatic heterocycles. The van der Waals surface area contributed by atoms with Gasteiger partial charge in [-0.15, -0.1) is 12.4 Å². The van der Waals surface area contributed by atoms with E-state index < -0.39 is 0 Å². The van der Waals surface area contributed by atoms with Crippen molar-refractivity contribution in [2.75, 3.05) is 0 Å². The minimum atomic E-state index is -0.386. The van der Waals surface area contributed by atoms with Gasteiger partial charge >= 0.3 is 0 Å². The van der Waals surface area contributed by atoms with Gasteiger partial charge in [0, 0.05) is 0 Å². The van der Waals surface area contributed by atoms with E-state index in [4.69, 9.17) is 14.7 Å². The van der Waals surface area contributed by atoms with Crippen LogP contribution < -0.4 is 5.73 Å². The lowest BCUT2D eigenvalue weighted by atomic mass is 9.77. The largest absolute Gasteiger partial charge is 0.456 e. The molecule has 6 heteroatoms. The molecular formula is C11H14ClN3O2. The normalized spacial score (nSPS) is 17.3. The molecule has 1 aliphatic rings. The molecule has 0 spiro atoms. The van der Waals surface area contributed by atoms with E-state index in [-0.39, 0.29) is 17.9 Å². The number of aromatic nitrogens is 2. The summed E-state index contributed by atoms with van der Waals surface area (Å²) in [5.41, 5.74) is 5.72. The van der Waals surface area contributed by atoms with Crippen molar-refractivity contribution in [3.63, 3.8) is 0 Å². The number of furan rings is 1. The summed E-state index contributed by atoms with van der Waals surface area (Å²) < 4.78 is 10.6. The summed E-state index contributed by atoms with van der Waals surface area (Å²) in [4.78, 5) is 4.29. The number of hydrogen-bond donors (Lipinski definition) is 1. The maximum atomic E-state index is 6.11. The highest BCUT2D eigenvalue weighted by Crippen LogP contribution is 2.37. The Labute approximate surface area is 105 Å². The summed E-state index contributed by atoms with van der Waals surface area (Å²) in [6.45, 7) is 1.87. The van der Waals surface area contributed by atoms with Crippen LogP contribution in [-0.2, 0) is 5.54 Å². The molecule has 0 amide bonds. The second-order valence-corrected chi connectivity index (χ2v) is 4.34. The highest BCUT2D eigenvalue weighted by molar-refractivity contribution is 5.85. The summed E-state index contributed by atoms with van der Waals surface area (Å²) in [5, 5.41) is 3.92. The molecule has 2 aromatic rings. The van der Waals surface area contributed by atoms with Gasteiger partial charge in [0.15, 0.2) is 11.6 Å². The van der Waals surface area contributed by atoms with E-state index in [1.807, 2.05) is 19.1 Å². The Balaban J connectivity index is 0.00000108. The van der Waals surface area contributed by atoms with Gasteiger partial charge in [-0.25, -0.2) is 0 Å². The predicted octanol–water partition coefficient (Wildman–Crippen LogP) is 2.40. The van der Waals surface area contributed by atoms with E-state index in [0.29, 0.717) is 17.5 Å². The average Bonchev–Trinajstić information content (AvgIpc) is 2.82. The lowest BCUT2D eigenvalue weighted by Crippen LogP contribution is -2.44. The molecule has 92 valence electrons. The number of hydrogen-bond acceptors (Lipinski definition) is 5. The molecule has 2 heterocycles. The zero-order chi connectivity index (χ0) is 11.2. The second kappa shape index (κ2) is 4.16. The summed E-state index contributed by atoms with van der Waals surface area (Å²) >= 11 is 0. The van der Waals surface area contributed by atoms with E-state index in [0.717, 1.165) is 25.0 Å². The van der Waals surface area contributed by atoms with Gasteiger partial charge in [-0.05, 0) is 38.3 Å². The van der Waals surface area contributed by atoms with Crippen LogP contribution in [-0.4, -0.2) is 10.1 Å². The van der Waals surface area contributed by atoms with Gasteiger partial charge in [-0.3, -0.25) is 0 Å². The third kappa shape index (κ3) is 1.96. The fourth-order valence-electron chi connectivity index (χ4n) is 1.86. The van der Waals surface area contributed by atoms with Crippen molar-refractivity contribution in [1.29, 1.82) is 0 Å². The standard InChI is InChI=1S/C11H13N3O2.ClH/c1-7-3-4-8(15-7)9-13-10(14-16-9)11(12)5-2-6-11;/h3-4H,2,5-6,12H2,1H3;1H. The molecule has 5 nitrogen and oxygen atoms in total. The molecule has 0 unspecified atom stereocenters. The Morgan fingerprint density at radius 1 is 1.35 bits per heavy atom. The first-order chi connectivity index (χ1) is 7.67. The first-order valence-corrected chi connectivity index (χ1v) is 5.37. The minimum absolute atomic E-state index is 0. The third-order valence-electron chi connectivity index (χ3n) is 3.07. The summed E-state index contributed by atoms with van der Waals surface area (Å²) in [6, 6.07) is 3.68. The van der Waals surface area contributed by atoms with Crippen LogP contribution in [0.3, 0.4) is 0 Å². The SMILES string of the molecule is Cc1ccc(-c2nc(C3(N)CCC3)no2)o1.Cl. The Morgan fingerprint density at radius 3 is 2.65 bits per heavy atom. The van der Waals surface area contributed by atoms with Crippen LogP contribution in [0.5, 0.6) is 0 Å². The highest BCUT2D eigenvalue weighted by atomic mass is 35.5. The number of halogens is 1. The van der Waals surface area contributed by atoms with Gasteiger partial charge in [0.25, 0.3) is 5.89 Å². The van der Waals surface area contributed by atoms with E-state index in [9.17, 15) is 0 Å². The van der Waals surface area contributed by atoms with Crippen molar-refractivity contribution >= 4 is 12.4 Å². The number of rotatable bonds is 2. The Hall–Kier alpha value is -1.33. The minimum Gasteiger partial charge on any atom is -0.456 e. The number of aryl methyl sites for hydroxylation is 1. The monoisotopic (exact) mass is 255 g/mol. The van der Waals surface area contributed by atoms with E-state index >= 15 is 0 Å². The fraction of sp³-hybridized carbons (Fsp3) is 0.455. The molecule has 1 aliphatic carbocycles. The first-order valence-electron chi connectivity index (χ1n) is 5.37. The molecule has 0 aromatic carbocycles. The molecular weight excluding hydrogens is 242 g/mol. The average molecular weight is 256 g/mol. The van der Waals surface area contributed by atoms with Crippen molar-refractivity contribution in [2.24, 2.45) is 5.73 Å². The number of nitrogens with zero attached hydrogens (tertiary/aromatic N) is 2. The van der Waals surface area contributed by atoms with Crippen LogP contribution in [0.4, 0.5) is 0 Å². The molecule has 0 radical (unpaired) electrons. The van der Waals surface area contributed by atoms with Gasteiger partial charge < -0.3 is 14.7 Å². The molecule has 0 atom stereocenters. The van der Waals surface area contributed by atoms with E-state index in [2.05, 4.69) is 10.1 Å². The smallest absolute Gasteiger partial charge is 0.293 e. The van der Waals surface area contributed by atoms with E-state index in [1.54, 1.807) is 0 Å². The van der Waals surface area contributed by atoms with Gasteiger partial charge in [-0.1, -0.05) is 5.16 Å². The maximum absolute atomic E-state index is 6.11. The van der Waals surface area contributed by atoms with Crippen LogP contribution in [0, 0.1) is 6.92 Å². The third-order valence-corrected chi connectivity index (χ3v) is 3.07. The van der Waals surface area contributed by atoms with Crippen molar-refractivity contribution in [3.05, 3.63) is 23.7 Å². The van der Waals surface area contributed by atoms with Crippen LogP contribution in [0.25, 0.3) is 11.7 Å².